The minimum Gasteiger partial charge on any atom is -0.376 e. The van der Waals surface area contributed by atoms with E-state index in [1.54, 1.807) is 0 Å². The zero-order valence-corrected chi connectivity index (χ0v) is 8.23. The molecule has 0 aromatic rings. The maximum atomic E-state index is 12.6. The lowest BCUT2D eigenvalue weighted by Gasteiger charge is -2.26. The van der Waals surface area contributed by atoms with Gasteiger partial charge in [-0.15, -0.1) is 0 Å². The maximum Gasteiger partial charge on any atom is 0.406 e. The Morgan fingerprint density at radius 3 is 2.64 bits per heavy atom. The van der Waals surface area contributed by atoms with Crippen LogP contribution in [-0.2, 0) is 4.74 Å². The number of nitrogens with one attached hydrogen (secondary N) is 1. The lowest BCUT2D eigenvalue weighted by Crippen LogP contribution is -2.50. The van der Waals surface area contributed by atoms with Crippen LogP contribution in [-0.4, -0.2) is 31.5 Å². The number of rotatable bonds is 4. The zero-order valence-electron chi connectivity index (χ0n) is 8.23. The summed E-state index contributed by atoms with van der Waals surface area (Å²) in [7, 11) is 0. The van der Waals surface area contributed by atoms with Gasteiger partial charge in [-0.1, -0.05) is 6.92 Å². The van der Waals surface area contributed by atoms with E-state index in [1.165, 1.54) is 0 Å². The Labute approximate surface area is 81.8 Å². The Bertz CT molecular complexity index is 166. The van der Waals surface area contributed by atoms with E-state index in [2.05, 4.69) is 5.32 Å². The van der Waals surface area contributed by atoms with Crippen molar-refractivity contribution < 1.29 is 17.9 Å². The van der Waals surface area contributed by atoms with Crippen molar-refractivity contribution >= 4 is 0 Å². The van der Waals surface area contributed by atoms with Crippen molar-refractivity contribution in [3.63, 3.8) is 0 Å². The summed E-state index contributed by atoms with van der Waals surface area (Å²) in [5, 5.41) is 2.50. The summed E-state index contributed by atoms with van der Waals surface area (Å²) in [5.41, 5.74) is 0. The van der Waals surface area contributed by atoms with Gasteiger partial charge in [0.2, 0.25) is 0 Å². The summed E-state index contributed by atoms with van der Waals surface area (Å²) >= 11 is 0. The molecule has 0 saturated carbocycles. The van der Waals surface area contributed by atoms with E-state index in [9.17, 15) is 13.2 Å². The van der Waals surface area contributed by atoms with Crippen LogP contribution in [0.4, 0.5) is 13.2 Å². The van der Waals surface area contributed by atoms with Crippen molar-refractivity contribution in [2.45, 2.75) is 44.5 Å². The van der Waals surface area contributed by atoms with Crippen LogP contribution in [0.2, 0.25) is 0 Å². The molecule has 1 saturated heterocycles. The quantitative estimate of drug-likeness (QED) is 0.768. The second-order valence-corrected chi connectivity index (χ2v) is 3.52. The molecule has 2 atom stereocenters. The molecule has 2 unspecified atom stereocenters. The van der Waals surface area contributed by atoms with E-state index in [0.29, 0.717) is 26.0 Å². The van der Waals surface area contributed by atoms with E-state index in [0.717, 1.165) is 6.42 Å². The average Bonchev–Trinajstić information content (AvgIpc) is 2.55. The summed E-state index contributed by atoms with van der Waals surface area (Å²) in [5.74, 6) is 0. The highest BCUT2D eigenvalue weighted by molar-refractivity contribution is 4.86. The van der Waals surface area contributed by atoms with Crippen LogP contribution >= 0.6 is 0 Å². The van der Waals surface area contributed by atoms with Crippen LogP contribution in [0.1, 0.15) is 26.2 Å². The van der Waals surface area contributed by atoms with Crippen molar-refractivity contribution in [3.8, 4) is 0 Å². The number of hydrogen-bond acceptors (Lipinski definition) is 2. The van der Waals surface area contributed by atoms with E-state index in [1.807, 2.05) is 6.92 Å². The van der Waals surface area contributed by atoms with Gasteiger partial charge < -0.3 is 10.1 Å². The number of alkyl halides is 3. The van der Waals surface area contributed by atoms with Gasteiger partial charge in [-0.05, 0) is 25.8 Å². The molecule has 14 heavy (non-hydrogen) atoms. The normalized spacial score (nSPS) is 25.3. The van der Waals surface area contributed by atoms with Crippen molar-refractivity contribution in [2.24, 2.45) is 0 Å². The lowest BCUT2D eigenvalue weighted by atomic mass is 10.1. The summed E-state index contributed by atoms with van der Waals surface area (Å²) in [6, 6.07) is -1.50. The van der Waals surface area contributed by atoms with Crippen LogP contribution in [0.3, 0.4) is 0 Å². The van der Waals surface area contributed by atoms with Gasteiger partial charge in [-0.2, -0.15) is 13.2 Å². The Hall–Kier alpha value is -0.290. The van der Waals surface area contributed by atoms with Gasteiger partial charge in [0.05, 0.1) is 6.10 Å². The van der Waals surface area contributed by atoms with E-state index < -0.39 is 18.3 Å². The minimum absolute atomic E-state index is 0.379. The molecule has 0 bridgehead atoms. The van der Waals surface area contributed by atoms with E-state index >= 15 is 0 Å². The molecule has 0 aromatic carbocycles. The van der Waals surface area contributed by atoms with Crippen molar-refractivity contribution in [3.05, 3.63) is 0 Å². The molecule has 1 aliphatic rings. The predicted molar refractivity (Wildman–Crippen MR) is 47.1 cm³/mol. The van der Waals surface area contributed by atoms with Crippen LogP contribution in [0.25, 0.3) is 0 Å². The molecule has 0 spiro atoms. The first-order valence-electron chi connectivity index (χ1n) is 4.97. The monoisotopic (exact) mass is 211 g/mol. The standard InChI is InChI=1S/C9H16F3NO/c1-2-5-13-8(9(10,11)12)7-4-3-6-14-7/h7-8,13H,2-6H2,1H3. The molecule has 0 aromatic heterocycles. The van der Waals surface area contributed by atoms with Crippen LogP contribution in [0, 0.1) is 0 Å². The van der Waals surface area contributed by atoms with Crippen molar-refractivity contribution in [1.29, 1.82) is 0 Å². The first-order chi connectivity index (χ1) is 6.55. The highest BCUT2D eigenvalue weighted by Crippen LogP contribution is 2.28. The van der Waals surface area contributed by atoms with Crippen LogP contribution < -0.4 is 5.32 Å². The maximum absolute atomic E-state index is 12.6. The van der Waals surface area contributed by atoms with Crippen molar-refractivity contribution in [1.82, 2.24) is 5.32 Å². The third-order valence-corrected chi connectivity index (χ3v) is 2.30. The van der Waals surface area contributed by atoms with Gasteiger partial charge in [-0.25, -0.2) is 0 Å². The molecule has 0 radical (unpaired) electrons. The smallest absolute Gasteiger partial charge is 0.376 e. The highest BCUT2D eigenvalue weighted by Gasteiger charge is 2.45. The zero-order chi connectivity index (χ0) is 10.6. The van der Waals surface area contributed by atoms with Gasteiger partial charge in [0.15, 0.2) is 0 Å². The Kier molecular flexibility index (Phi) is 4.19. The second kappa shape index (κ2) is 4.98. The van der Waals surface area contributed by atoms with Gasteiger partial charge in [0.25, 0.3) is 0 Å². The molecule has 5 heteroatoms. The molecular formula is C9H16F3NO. The summed E-state index contributed by atoms with van der Waals surface area (Å²) in [6.07, 6.45) is -2.98. The molecule has 1 rings (SSSR count). The average molecular weight is 211 g/mol. The third-order valence-electron chi connectivity index (χ3n) is 2.30. The number of ether oxygens (including phenoxy) is 1. The minimum atomic E-state index is -4.20. The molecule has 1 N–H and O–H groups in total. The Balaban J connectivity index is 2.51. The molecule has 0 aliphatic carbocycles. The summed E-state index contributed by atoms with van der Waals surface area (Å²) < 4.78 is 42.7. The molecule has 0 amide bonds. The number of halogens is 3. The fourth-order valence-corrected chi connectivity index (χ4v) is 1.62. The first-order valence-corrected chi connectivity index (χ1v) is 4.97. The molecule has 2 nitrogen and oxygen atoms in total. The fourth-order valence-electron chi connectivity index (χ4n) is 1.62. The summed E-state index contributed by atoms with van der Waals surface area (Å²) in [6.45, 7) is 2.67. The fraction of sp³-hybridized carbons (Fsp3) is 1.00. The van der Waals surface area contributed by atoms with Gasteiger partial charge in [0, 0.05) is 6.61 Å². The van der Waals surface area contributed by atoms with Crippen molar-refractivity contribution in [2.75, 3.05) is 13.2 Å². The Morgan fingerprint density at radius 2 is 2.21 bits per heavy atom. The predicted octanol–water partition coefficient (Wildman–Crippen LogP) is 2.10. The lowest BCUT2D eigenvalue weighted by molar-refractivity contribution is -0.179. The topological polar surface area (TPSA) is 21.3 Å². The highest BCUT2D eigenvalue weighted by atomic mass is 19.4. The third kappa shape index (κ3) is 3.13. The molecule has 1 aliphatic heterocycles. The van der Waals surface area contributed by atoms with Gasteiger partial charge in [-0.3, -0.25) is 0 Å². The second-order valence-electron chi connectivity index (χ2n) is 3.52. The Morgan fingerprint density at radius 1 is 1.50 bits per heavy atom. The van der Waals surface area contributed by atoms with Crippen LogP contribution in [0.15, 0.2) is 0 Å². The molecule has 1 fully saturated rings. The number of hydrogen-bond donors (Lipinski definition) is 1. The molecular weight excluding hydrogens is 195 g/mol. The SMILES string of the molecule is CCCNC(C1CCCO1)C(F)(F)F. The summed E-state index contributed by atoms with van der Waals surface area (Å²) in [4.78, 5) is 0. The van der Waals surface area contributed by atoms with E-state index in [4.69, 9.17) is 4.74 Å². The first kappa shape index (κ1) is 11.8. The van der Waals surface area contributed by atoms with Crippen LogP contribution in [0.5, 0.6) is 0 Å². The van der Waals surface area contributed by atoms with Gasteiger partial charge >= 0.3 is 6.18 Å². The van der Waals surface area contributed by atoms with Gasteiger partial charge in [0.1, 0.15) is 6.04 Å². The van der Waals surface area contributed by atoms with E-state index in [-0.39, 0.29) is 0 Å². The molecule has 84 valence electrons. The largest absolute Gasteiger partial charge is 0.406 e. The molecule has 1 heterocycles.